The first kappa shape index (κ1) is 13.4. The average Bonchev–Trinajstić information content (AvgIpc) is 2.26. The highest BCUT2D eigenvalue weighted by atomic mass is 19.1. The van der Waals surface area contributed by atoms with Crippen molar-refractivity contribution in [1.29, 1.82) is 0 Å². The Morgan fingerprint density at radius 2 is 1.82 bits per heavy atom. The minimum absolute atomic E-state index is 0.105. The van der Waals surface area contributed by atoms with Gasteiger partial charge in [-0.15, -0.1) is 0 Å². The van der Waals surface area contributed by atoms with Gasteiger partial charge in [0.25, 0.3) is 0 Å². The predicted molar refractivity (Wildman–Crippen MR) is 58.0 cm³/mol. The molecule has 0 amide bonds. The molecule has 0 heterocycles. The van der Waals surface area contributed by atoms with Crippen LogP contribution in [-0.4, -0.2) is 17.7 Å². The van der Waals surface area contributed by atoms with Crippen LogP contribution in [0.1, 0.15) is 25.7 Å². The first-order valence-electron chi connectivity index (χ1n) is 5.40. The number of unbranched alkanes of at least 4 members (excludes halogenated alkanes) is 2. The highest BCUT2D eigenvalue weighted by molar-refractivity contribution is 5.66. The standard InChI is InChI=1S/C12H14F2O3/c13-9-5-4-6-10(14)12(9)17-8-3-1-2-7-11(15)16/h4-6H,1-3,7-8H2,(H,15,16). The Bertz CT molecular complexity index is 360. The van der Waals surface area contributed by atoms with Crippen molar-refractivity contribution in [3.05, 3.63) is 29.8 Å². The Labute approximate surface area is 98.0 Å². The number of hydrogen-bond donors (Lipinski definition) is 1. The molecule has 0 aromatic heterocycles. The molecule has 94 valence electrons. The van der Waals surface area contributed by atoms with Crippen LogP contribution in [0.2, 0.25) is 0 Å². The first-order chi connectivity index (χ1) is 8.11. The smallest absolute Gasteiger partial charge is 0.303 e. The van der Waals surface area contributed by atoms with E-state index in [4.69, 9.17) is 9.84 Å². The molecule has 0 bridgehead atoms. The van der Waals surface area contributed by atoms with Crippen LogP contribution >= 0.6 is 0 Å². The molecule has 5 heteroatoms. The van der Waals surface area contributed by atoms with Crippen LogP contribution in [0.5, 0.6) is 5.75 Å². The summed E-state index contributed by atoms with van der Waals surface area (Å²) in [7, 11) is 0. The van der Waals surface area contributed by atoms with Gasteiger partial charge >= 0.3 is 5.97 Å². The van der Waals surface area contributed by atoms with E-state index in [-0.39, 0.29) is 18.8 Å². The normalized spacial score (nSPS) is 10.2. The summed E-state index contributed by atoms with van der Waals surface area (Å²) in [6, 6.07) is 3.52. The molecule has 0 spiro atoms. The van der Waals surface area contributed by atoms with E-state index in [0.29, 0.717) is 19.3 Å². The van der Waals surface area contributed by atoms with Gasteiger partial charge in [0.2, 0.25) is 0 Å². The van der Waals surface area contributed by atoms with Crippen molar-refractivity contribution in [3.63, 3.8) is 0 Å². The summed E-state index contributed by atoms with van der Waals surface area (Å²) in [5.74, 6) is -2.66. The minimum Gasteiger partial charge on any atom is -0.488 e. The van der Waals surface area contributed by atoms with Crippen molar-refractivity contribution in [3.8, 4) is 5.75 Å². The second kappa shape index (κ2) is 6.83. The number of carboxylic acid groups (broad SMARTS) is 1. The third kappa shape index (κ3) is 4.80. The van der Waals surface area contributed by atoms with E-state index >= 15 is 0 Å². The zero-order chi connectivity index (χ0) is 12.7. The Morgan fingerprint density at radius 3 is 2.41 bits per heavy atom. The van der Waals surface area contributed by atoms with Crippen molar-refractivity contribution in [2.45, 2.75) is 25.7 Å². The predicted octanol–water partition coefficient (Wildman–Crippen LogP) is 2.99. The van der Waals surface area contributed by atoms with Crippen molar-refractivity contribution in [1.82, 2.24) is 0 Å². The van der Waals surface area contributed by atoms with Crippen LogP contribution in [0, 0.1) is 11.6 Å². The van der Waals surface area contributed by atoms with E-state index in [0.717, 1.165) is 12.1 Å². The SMILES string of the molecule is O=C(O)CCCCCOc1c(F)cccc1F. The summed E-state index contributed by atoms with van der Waals surface area (Å²) in [4.78, 5) is 10.2. The van der Waals surface area contributed by atoms with Crippen LogP contribution in [0.25, 0.3) is 0 Å². The molecule has 0 unspecified atom stereocenters. The molecule has 0 aliphatic rings. The fraction of sp³-hybridized carbons (Fsp3) is 0.417. The molecule has 1 aromatic rings. The lowest BCUT2D eigenvalue weighted by molar-refractivity contribution is -0.137. The summed E-state index contributed by atoms with van der Waals surface area (Å²) < 4.78 is 31.2. The fourth-order valence-electron chi connectivity index (χ4n) is 1.35. The lowest BCUT2D eigenvalue weighted by atomic mass is 10.2. The Hall–Kier alpha value is -1.65. The van der Waals surface area contributed by atoms with Gasteiger partial charge in [-0.1, -0.05) is 6.07 Å². The van der Waals surface area contributed by atoms with Gasteiger partial charge in [-0.2, -0.15) is 0 Å². The van der Waals surface area contributed by atoms with Crippen molar-refractivity contribution < 1.29 is 23.4 Å². The molecule has 0 aliphatic carbocycles. The molecule has 0 atom stereocenters. The Balaban J connectivity index is 2.24. The second-order valence-electron chi connectivity index (χ2n) is 3.60. The summed E-state index contributed by atoms with van der Waals surface area (Å²) in [6.45, 7) is 0.178. The summed E-state index contributed by atoms with van der Waals surface area (Å²) >= 11 is 0. The van der Waals surface area contributed by atoms with Gasteiger partial charge in [-0.3, -0.25) is 4.79 Å². The van der Waals surface area contributed by atoms with Crippen molar-refractivity contribution in [2.24, 2.45) is 0 Å². The van der Waals surface area contributed by atoms with Gasteiger partial charge in [0.1, 0.15) is 0 Å². The van der Waals surface area contributed by atoms with Gasteiger partial charge in [-0.25, -0.2) is 8.78 Å². The molecule has 1 aromatic carbocycles. The van der Waals surface area contributed by atoms with E-state index in [1.54, 1.807) is 0 Å². The van der Waals surface area contributed by atoms with Gasteiger partial charge in [0.05, 0.1) is 6.61 Å². The Kier molecular flexibility index (Phi) is 5.39. The number of carbonyl (C=O) groups is 1. The van der Waals surface area contributed by atoms with Crippen molar-refractivity contribution >= 4 is 5.97 Å². The van der Waals surface area contributed by atoms with E-state index in [1.165, 1.54) is 6.07 Å². The maximum atomic E-state index is 13.1. The number of para-hydroxylation sites is 1. The van der Waals surface area contributed by atoms with Crippen LogP contribution in [0.4, 0.5) is 8.78 Å². The number of benzene rings is 1. The third-order valence-electron chi connectivity index (χ3n) is 2.20. The molecular formula is C12H14F2O3. The summed E-state index contributed by atoms with van der Waals surface area (Å²) in [6.07, 6.45) is 1.87. The van der Waals surface area contributed by atoms with Gasteiger partial charge in [0, 0.05) is 6.42 Å². The van der Waals surface area contributed by atoms with Gasteiger partial charge in [0.15, 0.2) is 17.4 Å². The zero-order valence-corrected chi connectivity index (χ0v) is 9.29. The van der Waals surface area contributed by atoms with Gasteiger partial charge < -0.3 is 9.84 Å². The quantitative estimate of drug-likeness (QED) is 0.750. The zero-order valence-electron chi connectivity index (χ0n) is 9.29. The number of hydrogen-bond acceptors (Lipinski definition) is 2. The highest BCUT2D eigenvalue weighted by Gasteiger charge is 2.08. The highest BCUT2D eigenvalue weighted by Crippen LogP contribution is 2.21. The first-order valence-corrected chi connectivity index (χ1v) is 5.40. The van der Waals surface area contributed by atoms with Crippen LogP contribution in [-0.2, 0) is 4.79 Å². The molecule has 0 aliphatic heterocycles. The van der Waals surface area contributed by atoms with E-state index in [9.17, 15) is 13.6 Å². The molecule has 1 N–H and O–H groups in total. The Morgan fingerprint density at radius 1 is 1.18 bits per heavy atom. The van der Waals surface area contributed by atoms with E-state index in [1.807, 2.05) is 0 Å². The average molecular weight is 244 g/mol. The lowest BCUT2D eigenvalue weighted by Crippen LogP contribution is -2.02. The summed E-state index contributed by atoms with van der Waals surface area (Å²) in [5, 5.41) is 8.39. The van der Waals surface area contributed by atoms with Crippen LogP contribution in [0.3, 0.4) is 0 Å². The largest absolute Gasteiger partial charge is 0.488 e. The van der Waals surface area contributed by atoms with Crippen molar-refractivity contribution in [2.75, 3.05) is 6.61 Å². The molecule has 0 saturated carbocycles. The van der Waals surface area contributed by atoms with E-state index in [2.05, 4.69) is 0 Å². The third-order valence-corrected chi connectivity index (χ3v) is 2.20. The van der Waals surface area contributed by atoms with Crippen LogP contribution in [0.15, 0.2) is 18.2 Å². The number of rotatable bonds is 7. The van der Waals surface area contributed by atoms with Crippen LogP contribution < -0.4 is 4.74 Å². The molecule has 3 nitrogen and oxygen atoms in total. The molecule has 17 heavy (non-hydrogen) atoms. The van der Waals surface area contributed by atoms with Gasteiger partial charge in [-0.05, 0) is 31.4 Å². The molecule has 1 rings (SSSR count). The maximum Gasteiger partial charge on any atom is 0.303 e. The molecule has 0 saturated heterocycles. The topological polar surface area (TPSA) is 46.5 Å². The number of halogens is 2. The molecule has 0 fully saturated rings. The van der Waals surface area contributed by atoms with E-state index < -0.39 is 17.6 Å². The number of ether oxygens (including phenoxy) is 1. The maximum absolute atomic E-state index is 13.1. The summed E-state index contributed by atoms with van der Waals surface area (Å²) in [5.41, 5.74) is 0. The monoisotopic (exact) mass is 244 g/mol. The minimum atomic E-state index is -0.842. The second-order valence-corrected chi connectivity index (χ2v) is 3.60. The number of carboxylic acids is 1. The molecule has 0 radical (unpaired) electrons. The molecular weight excluding hydrogens is 230 g/mol. The number of aliphatic carboxylic acids is 1. The lowest BCUT2D eigenvalue weighted by Gasteiger charge is -2.07. The fourth-order valence-corrected chi connectivity index (χ4v) is 1.35.